The highest BCUT2D eigenvalue weighted by atomic mass is 32.1. The van der Waals surface area contributed by atoms with E-state index in [0.717, 1.165) is 5.69 Å². The first kappa shape index (κ1) is 12.6. The van der Waals surface area contributed by atoms with Gasteiger partial charge in [-0.2, -0.15) is 5.10 Å². The molecule has 0 fully saturated rings. The predicted molar refractivity (Wildman–Crippen MR) is 71.5 cm³/mol. The zero-order valence-corrected chi connectivity index (χ0v) is 11.1. The summed E-state index contributed by atoms with van der Waals surface area (Å²) in [6.45, 7) is 4.26. The molecule has 2 aromatic heterocycles. The molecule has 0 aliphatic carbocycles. The molecule has 0 aromatic carbocycles. The minimum atomic E-state index is -0.164. The number of carbonyl (C=O) groups excluding carboxylic acids is 1. The molecule has 2 heterocycles. The summed E-state index contributed by atoms with van der Waals surface area (Å²) in [5, 5.41) is 9.25. The molecule has 2 aromatic rings. The first-order valence-corrected chi connectivity index (χ1v) is 6.47. The lowest BCUT2D eigenvalue weighted by molar-refractivity contribution is -0.116. The van der Waals surface area contributed by atoms with Crippen molar-refractivity contribution in [2.75, 3.05) is 11.1 Å². The van der Waals surface area contributed by atoms with Gasteiger partial charge in [-0.05, 0) is 12.0 Å². The van der Waals surface area contributed by atoms with Crippen LogP contribution in [0.15, 0.2) is 17.6 Å². The van der Waals surface area contributed by atoms with Gasteiger partial charge >= 0.3 is 0 Å². The summed E-state index contributed by atoms with van der Waals surface area (Å²) in [6, 6.07) is 1.65. The molecular formula is C11H15N5OS. The normalized spacial score (nSPS) is 10.8. The van der Waals surface area contributed by atoms with Crippen molar-refractivity contribution >= 4 is 28.2 Å². The molecule has 6 nitrogen and oxygen atoms in total. The van der Waals surface area contributed by atoms with Gasteiger partial charge in [0.05, 0.1) is 5.69 Å². The highest BCUT2D eigenvalue weighted by molar-refractivity contribution is 7.13. The molecule has 96 valence electrons. The fourth-order valence-electron chi connectivity index (χ4n) is 1.38. The molecule has 0 aliphatic heterocycles. The lowest BCUT2D eigenvalue weighted by Crippen LogP contribution is -2.19. The van der Waals surface area contributed by atoms with Crippen molar-refractivity contribution in [2.45, 2.75) is 26.3 Å². The molecule has 0 radical (unpaired) electrons. The van der Waals surface area contributed by atoms with Crippen LogP contribution in [0.3, 0.4) is 0 Å². The van der Waals surface area contributed by atoms with E-state index in [2.05, 4.69) is 29.2 Å². The van der Waals surface area contributed by atoms with E-state index in [4.69, 9.17) is 5.73 Å². The van der Waals surface area contributed by atoms with Gasteiger partial charge < -0.3 is 11.1 Å². The van der Waals surface area contributed by atoms with Crippen molar-refractivity contribution in [3.8, 4) is 0 Å². The van der Waals surface area contributed by atoms with Crippen LogP contribution in [-0.2, 0) is 11.3 Å². The van der Waals surface area contributed by atoms with Gasteiger partial charge in [-0.3, -0.25) is 9.48 Å². The smallest absolute Gasteiger partial charge is 0.247 e. The number of nitrogens with zero attached hydrogens (tertiary/aromatic N) is 3. The Morgan fingerprint density at radius 3 is 2.94 bits per heavy atom. The number of aromatic nitrogens is 3. The maximum absolute atomic E-state index is 11.7. The predicted octanol–water partition coefficient (Wildman–Crippen LogP) is 1.68. The van der Waals surface area contributed by atoms with E-state index in [1.54, 1.807) is 12.3 Å². The first-order chi connectivity index (χ1) is 8.54. The third kappa shape index (κ3) is 3.07. The van der Waals surface area contributed by atoms with Gasteiger partial charge in [0.25, 0.3) is 0 Å². The van der Waals surface area contributed by atoms with Crippen LogP contribution in [0.5, 0.6) is 0 Å². The van der Waals surface area contributed by atoms with Crippen LogP contribution in [0.25, 0.3) is 0 Å². The van der Waals surface area contributed by atoms with E-state index >= 15 is 0 Å². The van der Waals surface area contributed by atoms with E-state index in [0.29, 0.717) is 16.9 Å². The molecule has 0 unspecified atom stereocenters. The summed E-state index contributed by atoms with van der Waals surface area (Å²) in [6.07, 6.45) is 1.66. The number of thiazole rings is 1. The van der Waals surface area contributed by atoms with E-state index in [9.17, 15) is 4.79 Å². The molecule has 2 rings (SSSR count). The van der Waals surface area contributed by atoms with E-state index < -0.39 is 0 Å². The second-order valence-electron chi connectivity index (χ2n) is 4.22. The Kier molecular flexibility index (Phi) is 3.61. The van der Waals surface area contributed by atoms with Gasteiger partial charge in [-0.15, -0.1) is 11.3 Å². The number of nitrogens with two attached hydrogens (primary N) is 1. The minimum absolute atomic E-state index is 0.133. The summed E-state index contributed by atoms with van der Waals surface area (Å²) in [5.41, 5.74) is 6.45. The number of nitrogen functional groups attached to an aromatic ring is 1. The summed E-state index contributed by atoms with van der Waals surface area (Å²) in [4.78, 5) is 16.1. The van der Waals surface area contributed by atoms with E-state index in [1.165, 1.54) is 16.0 Å². The molecule has 18 heavy (non-hydrogen) atoms. The highest BCUT2D eigenvalue weighted by Gasteiger charge is 2.09. The second-order valence-corrected chi connectivity index (χ2v) is 5.08. The summed E-state index contributed by atoms with van der Waals surface area (Å²) in [5.74, 6) is 0.597. The second kappa shape index (κ2) is 5.18. The monoisotopic (exact) mass is 265 g/mol. The fourth-order valence-corrected chi connectivity index (χ4v) is 2.27. The topological polar surface area (TPSA) is 85.8 Å². The summed E-state index contributed by atoms with van der Waals surface area (Å²) < 4.78 is 1.49. The van der Waals surface area contributed by atoms with Crippen molar-refractivity contribution < 1.29 is 4.79 Å². The largest absolute Gasteiger partial charge is 0.382 e. The van der Waals surface area contributed by atoms with Crippen molar-refractivity contribution in [3.63, 3.8) is 0 Å². The van der Waals surface area contributed by atoms with Gasteiger partial charge in [0.2, 0.25) is 5.91 Å². The van der Waals surface area contributed by atoms with Gasteiger partial charge in [0, 0.05) is 11.6 Å². The zero-order valence-electron chi connectivity index (χ0n) is 10.3. The Bertz CT molecular complexity index is 545. The Labute approximate surface area is 109 Å². The Balaban J connectivity index is 1.94. The maximum Gasteiger partial charge on any atom is 0.247 e. The number of nitrogens with one attached hydrogen (secondary N) is 1. The van der Waals surface area contributed by atoms with Crippen LogP contribution in [0.2, 0.25) is 0 Å². The number of anilines is 2. The van der Waals surface area contributed by atoms with Gasteiger partial charge in [0.1, 0.15) is 12.4 Å². The molecule has 0 saturated heterocycles. The number of amides is 1. The molecule has 0 aliphatic rings. The molecule has 0 saturated carbocycles. The Morgan fingerprint density at radius 1 is 1.61 bits per heavy atom. The van der Waals surface area contributed by atoms with Crippen LogP contribution in [0, 0.1) is 0 Å². The van der Waals surface area contributed by atoms with Crippen LogP contribution in [-0.4, -0.2) is 20.7 Å². The van der Waals surface area contributed by atoms with Gasteiger partial charge in [0.15, 0.2) is 5.13 Å². The fraction of sp³-hybridized carbons (Fsp3) is 0.364. The van der Waals surface area contributed by atoms with Gasteiger partial charge in [-0.1, -0.05) is 13.8 Å². The van der Waals surface area contributed by atoms with E-state index in [1.807, 2.05) is 5.38 Å². The molecule has 3 N–H and O–H groups in total. The van der Waals surface area contributed by atoms with Crippen molar-refractivity contribution in [2.24, 2.45) is 0 Å². The molecule has 1 amide bonds. The first-order valence-electron chi connectivity index (χ1n) is 5.59. The number of hydrogen-bond acceptors (Lipinski definition) is 5. The zero-order chi connectivity index (χ0) is 13.1. The van der Waals surface area contributed by atoms with Crippen LogP contribution in [0.4, 0.5) is 10.9 Å². The maximum atomic E-state index is 11.7. The molecule has 0 atom stereocenters. The molecule has 0 bridgehead atoms. The summed E-state index contributed by atoms with van der Waals surface area (Å²) in [7, 11) is 0. The standard InChI is InChI=1S/C11H15N5OS/c1-7(2)8-6-18-11(13-8)14-10(17)5-16-4-3-9(12)15-16/h3-4,6-7H,5H2,1-2H3,(H2,12,15)(H,13,14,17). The number of carbonyl (C=O) groups is 1. The SMILES string of the molecule is CC(C)c1csc(NC(=O)Cn2ccc(N)n2)n1. The number of hydrogen-bond donors (Lipinski definition) is 2. The average Bonchev–Trinajstić information content (AvgIpc) is 2.88. The van der Waals surface area contributed by atoms with Crippen molar-refractivity contribution in [1.29, 1.82) is 0 Å². The van der Waals surface area contributed by atoms with Crippen LogP contribution < -0.4 is 11.1 Å². The van der Waals surface area contributed by atoms with Crippen molar-refractivity contribution in [1.82, 2.24) is 14.8 Å². The lowest BCUT2D eigenvalue weighted by atomic mass is 10.2. The third-order valence-electron chi connectivity index (χ3n) is 2.33. The Morgan fingerprint density at radius 2 is 2.39 bits per heavy atom. The third-order valence-corrected chi connectivity index (χ3v) is 3.10. The van der Waals surface area contributed by atoms with Gasteiger partial charge in [-0.25, -0.2) is 4.98 Å². The van der Waals surface area contributed by atoms with Crippen molar-refractivity contribution in [3.05, 3.63) is 23.3 Å². The Hall–Kier alpha value is -1.89. The number of rotatable bonds is 4. The van der Waals surface area contributed by atoms with Crippen LogP contribution >= 0.6 is 11.3 Å². The molecule has 7 heteroatoms. The summed E-state index contributed by atoms with van der Waals surface area (Å²) >= 11 is 1.42. The highest BCUT2D eigenvalue weighted by Crippen LogP contribution is 2.21. The lowest BCUT2D eigenvalue weighted by Gasteiger charge is -2.02. The minimum Gasteiger partial charge on any atom is -0.382 e. The average molecular weight is 265 g/mol. The molecule has 0 spiro atoms. The van der Waals surface area contributed by atoms with Crippen LogP contribution in [0.1, 0.15) is 25.5 Å². The molecular weight excluding hydrogens is 250 g/mol. The quantitative estimate of drug-likeness (QED) is 0.880. The van der Waals surface area contributed by atoms with E-state index in [-0.39, 0.29) is 12.5 Å².